The lowest BCUT2D eigenvalue weighted by molar-refractivity contribution is 0.872. The lowest BCUT2D eigenvalue weighted by Crippen LogP contribution is -1.88. The van der Waals surface area contributed by atoms with Gasteiger partial charge >= 0.3 is 0 Å². The number of hydrogen-bond acceptors (Lipinski definition) is 2. The number of hydrogen-bond donors (Lipinski definition) is 0. The summed E-state index contributed by atoms with van der Waals surface area (Å²) < 4.78 is 0. The van der Waals surface area contributed by atoms with Gasteiger partial charge in [0, 0.05) is 16.5 Å². The average molecular weight is 205 g/mol. The molecule has 0 saturated heterocycles. The first-order chi connectivity index (χ1) is 6.59. The summed E-state index contributed by atoms with van der Waals surface area (Å²) in [6.45, 7) is 8.79. The summed E-state index contributed by atoms with van der Waals surface area (Å²) in [5.41, 5.74) is 2.72. The second-order valence-corrected chi connectivity index (χ2v) is 5.30. The number of aromatic nitrogens is 1. The second kappa shape index (κ2) is 3.35. The van der Waals surface area contributed by atoms with Crippen molar-refractivity contribution in [3.63, 3.8) is 0 Å². The third-order valence-corrected chi connectivity index (χ3v) is 3.53. The van der Waals surface area contributed by atoms with E-state index in [0.717, 1.165) is 0 Å². The van der Waals surface area contributed by atoms with Gasteiger partial charge in [0.25, 0.3) is 0 Å². The number of fused-ring (bicyclic) bond motifs is 1. The third kappa shape index (κ3) is 1.44. The molecule has 0 aliphatic heterocycles. The first-order valence-corrected chi connectivity index (χ1v) is 5.77. The van der Waals surface area contributed by atoms with Crippen molar-refractivity contribution in [1.29, 1.82) is 0 Å². The Morgan fingerprint density at radius 2 is 2.00 bits per heavy atom. The van der Waals surface area contributed by atoms with Crippen molar-refractivity contribution in [2.75, 3.05) is 0 Å². The number of nitrogens with zero attached hydrogens (tertiary/aromatic N) is 1. The summed E-state index contributed by atoms with van der Waals surface area (Å²) in [4.78, 5) is 7.05. The Morgan fingerprint density at radius 3 is 2.64 bits per heavy atom. The molecule has 0 bridgehead atoms. The van der Waals surface area contributed by atoms with Crippen molar-refractivity contribution in [2.24, 2.45) is 0 Å². The van der Waals surface area contributed by atoms with Crippen LogP contribution in [-0.2, 0) is 0 Å². The SMILES string of the molecule is Cc1cnc2sc(C)c(C(C)C)c2c1. The average Bonchev–Trinajstić information content (AvgIpc) is 2.40. The smallest absolute Gasteiger partial charge is 0.123 e. The van der Waals surface area contributed by atoms with Gasteiger partial charge in [0.05, 0.1) is 0 Å². The molecule has 2 heterocycles. The molecule has 2 aromatic rings. The highest BCUT2D eigenvalue weighted by molar-refractivity contribution is 7.18. The maximum absolute atomic E-state index is 4.46. The van der Waals surface area contributed by atoms with Gasteiger partial charge in [-0.25, -0.2) is 4.98 Å². The van der Waals surface area contributed by atoms with Gasteiger partial charge in [-0.15, -0.1) is 11.3 Å². The monoisotopic (exact) mass is 205 g/mol. The number of pyridine rings is 1. The van der Waals surface area contributed by atoms with Crippen molar-refractivity contribution in [2.45, 2.75) is 33.6 Å². The summed E-state index contributed by atoms with van der Waals surface area (Å²) >= 11 is 1.80. The zero-order valence-corrected chi connectivity index (χ0v) is 9.90. The first kappa shape index (κ1) is 9.66. The van der Waals surface area contributed by atoms with Crippen LogP contribution in [0.15, 0.2) is 12.3 Å². The zero-order chi connectivity index (χ0) is 10.3. The van der Waals surface area contributed by atoms with Crippen molar-refractivity contribution < 1.29 is 0 Å². The molecule has 0 aromatic carbocycles. The molecule has 14 heavy (non-hydrogen) atoms. The predicted octanol–water partition coefficient (Wildman–Crippen LogP) is 4.04. The van der Waals surface area contributed by atoms with Gasteiger partial charge in [-0.05, 0) is 37.0 Å². The van der Waals surface area contributed by atoms with E-state index < -0.39 is 0 Å². The van der Waals surface area contributed by atoms with Crippen molar-refractivity contribution >= 4 is 21.6 Å². The Bertz CT molecular complexity index is 468. The fourth-order valence-corrected chi connectivity index (χ4v) is 3.07. The van der Waals surface area contributed by atoms with Crippen LogP contribution in [0.4, 0.5) is 0 Å². The minimum absolute atomic E-state index is 0.590. The van der Waals surface area contributed by atoms with Gasteiger partial charge in [-0.1, -0.05) is 13.8 Å². The van der Waals surface area contributed by atoms with Crippen molar-refractivity contribution in [3.05, 3.63) is 28.3 Å². The largest absolute Gasteiger partial charge is 0.245 e. The summed E-state index contributed by atoms with van der Waals surface area (Å²) in [6.07, 6.45) is 1.95. The highest BCUT2D eigenvalue weighted by Gasteiger charge is 2.12. The normalized spacial score (nSPS) is 11.5. The van der Waals surface area contributed by atoms with E-state index in [1.54, 1.807) is 11.3 Å². The molecule has 1 nitrogen and oxygen atoms in total. The van der Waals surface area contributed by atoms with Crippen molar-refractivity contribution in [1.82, 2.24) is 4.98 Å². The van der Waals surface area contributed by atoms with E-state index in [4.69, 9.17) is 0 Å². The summed E-state index contributed by atoms with van der Waals surface area (Å²) in [5.74, 6) is 0.590. The Balaban J connectivity index is 2.79. The molecule has 0 amide bonds. The molecule has 0 N–H and O–H groups in total. The lowest BCUT2D eigenvalue weighted by atomic mass is 10.0. The zero-order valence-electron chi connectivity index (χ0n) is 9.09. The molecule has 0 unspecified atom stereocenters. The molecule has 2 heteroatoms. The molecule has 0 aliphatic rings. The van der Waals surface area contributed by atoms with Crippen LogP contribution in [0.1, 0.15) is 35.8 Å². The van der Waals surface area contributed by atoms with E-state index in [-0.39, 0.29) is 0 Å². The van der Waals surface area contributed by atoms with Crippen LogP contribution in [0.2, 0.25) is 0 Å². The highest BCUT2D eigenvalue weighted by Crippen LogP contribution is 2.34. The molecular formula is C12H15NS. The van der Waals surface area contributed by atoms with Gasteiger partial charge in [0.15, 0.2) is 0 Å². The van der Waals surface area contributed by atoms with E-state index in [0.29, 0.717) is 5.92 Å². The van der Waals surface area contributed by atoms with Crippen molar-refractivity contribution in [3.8, 4) is 0 Å². The molecule has 2 rings (SSSR count). The Labute approximate surface area is 88.8 Å². The lowest BCUT2D eigenvalue weighted by Gasteiger charge is -2.04. The fourth-order valence-electron chi connectivity index (χ4n) is 1.94. The Morgan fingerprint density at radius 1 is 1.29 bits per heavy atom. The summed E-state index contributed by atoms with van der Waals surface area (Å²) in [7, 11) is 0. The molecule has 74 valence electrons. The Kier molecular flexibility index (Phi) is 2.31. The fraction of sp³-hybridized carbons (Fsp3) is 0.417. The molecule has 0 atom stereocenters. The van der Waals surface area contributed by atoms with Gasteiger partial charge in [-0.2, -0.15) is 0 Å². The summed E-state index contributed by atoms with van der Waals surface area (Å²) in [6, 6.07) is 2.25. The van der Waals surface area contributed by atoms with Crippen LogP contribution >= 0.6 is 11.3 Å². The van der Waals surface area contributed by atoms with Gasteiger partial charge in [-0.3, -0.25) is 0 Å². The van der Waals surface area contributed by atoms with E-state index in [1.807, 2.05) is 6.20 Å². The molecule has 0 aliphatic carbocycles. The van der Waals surface area contributed by atoms with E-state index in [2.05, 4.69) is 38.7 Å². The van der Waals surface area contributed by atoms with Crippen LogP contribution in [-0.4, -0.2) is 4.98 Å². The minimum Gasteiger partial charge on any atom is -0.245 e. The number of thiophene rings is 1. The van der Waals surface area contributed by atoms with E-state index >= 15 is 0 Å². The van der Waals surface area contributed by atoms with Crippen LogP contribution in [0.25, 0.3) is 10.2 Å². The van der Waals surface area contributed by atoms with Gasteiger partial charge < -0.3 is 0 Å². The standard InChI is InChI=1S/C12H15NS/c1-7(2)11-9(4)14-12-10(11)5-8(3)6-13-12/h5-7H,1-4H3. The number of rotatable bonds is 1. The van der Waals surface area contributed by atoms with Gasteiger partial charge in [0.2, 0.25) is 0 Å². The quantitative estimate of drug-likeness (QED) is 0.684. The first-order valence-electron chi connectivity index (χ1n) is 4.95. The molecule has 0 spiro atoms. The van der Waals surface area contributed by atoms with Crippen LogP contribution in [0, 0.1) is 13.8 Å². The predicted molar refractivity (Wildman–Crippen MR) is 63.2 cm³/mol. The van der Waals surface area contributed by atoms with Crippen LogP contribution in [0.3, 0.4) is 0 Å². The molecule has 0 fully saturated rings. The summed E-state index contributed by atoms with van der Waals surface area (Å²) in [5, 5.41) is 1.35. The van der Waals surface area contributed by atoms with Crippen LogP contribution < -0.4 is 0 Å². The third-order valence-electron chi connectivity index (χ3n) is 2.48. The van der Waals surface area contributed by atoms with Crippen LogP contribution in [0.5, 0.6) is 0 Å². The molecule has 2 aromatic heterocycles. The van der Waals surface area contributed by atoms with Gasteiger partial charge in [0.1, 0.15) is 4.83 Å². The maximum Gasteiger partial charge on any atom is 0.123 e. The number of aryl methyl sites for hydroxylation is 2. The second-order valence-electron chi connectivity index (χ2n) is 4.09. The maximum atomic E-state index is 4.46. The van der Waals surface area contributed by atoms with E-state index in [1.165, 1.54) is 26.2 Å². The molecular weight excluding hydrogens is 190 g/mol. The Hall–Kier alpha value is -0.890. The molecule has 0 saturated carbocycles. The van der Waals surface area contributed by atoms with E-state index in [9.17, 15) is 0 Å². The topological polar surface area (TPSA) is 12.9 Å². The highest BCUT2D eigenvalue weighted by atomic mass is 32.1. The minimum atomic E-state index is 0.590. The molecule has 0 radical (unpaired) electrons.